The largest absolute Gasteiger partial charge is 0.478 e. The number of carbonyl (C=O) groups is 2. The standard InChI is InChI=1S/C13H16N2O6/c1-3-20-12(17)7-5-10(16)8-21-11-6-4-9(2)14-13(11)15(18)19/h4,6H,3,5,7-8H2,1-2H3. The van der Waals surface area contributed by atoms with Crippen molar-refractivity contribution in [2.75, 3.05) is 13.2 Å². The molecule has 0 fully saturated rings. The van der Waals surface area contributed by atoms with E-state index in [0.29, 0.717) is 5.69 Å². The SMILES string of the molecule is CCOC(=O)CCC(=O)COc1ccc(C)nc1[N+](=O)[O-]. The van der Waals surface area contributed by atoms with E-state index in [0.717, 1.165) is 0 Å². The molecule has 0 aliphatic carbocycles. The van der Waals surface area contributed by atoms with Crippen LogP contribution in [0.2, 0.25) is 0 Å². The van der Waals surface area contributed by atoms with Gasteiger partial charge >= 0.3 is 11.8 Å². The van der Waals surface area contributed by atoms with Crippen molar-refractivity contribution in [1.29, 1.82) is 0 Å². The van der Waals surface area contributed by atoms with E-state index in [1.54, 1.807) is 19.9 Å². The van der Waals surface area contributed by atoms with Crippen LogP contribution in [0.25, 0.3) is 0 Å². The minimum Gasteiger partial charge on any atom is -0.478 e. The van der Waals surface area contributed by atoms with Gasteiger partial charge < -0.3 is 19.6 Å². The van der Waals surface area contributed by atoms with E-state index < -0.39 is 16.7 Å². The first-order valence-electron chi connectivity index (χ1n) is 6.36. The molecule has 0 aromatic carbocycles. The smallest absolute Gasteiger partial charge is 0.406 e. The zero-order chi connectivity index (χ0) is 15.8. The molecule has 0 aliphatic heterocycles. The maximum absolute atomic E-state index is 11.6. The Morgan fingerprint density at radius 1 is 1.33 bits per heavy atom. The van der Waals surface area contributed by atoms with Crippen LogP contribution >= 0.6 is 0 Å². The second-order valence-electron chi connectivity index (χ2n) is 4.16. The number of rotatable bonds is 8. The molecule has 0 spiro atoms. The van der Waals surface area contributed by atoms with E-state index in [9.17, 15) is 19.7 Å². The van der Waals surface area contributed by atoms with Crippen molar-refractivity contribution in [2.24, 2.45) is 0 Å². The topological polar surface area (TPSA) is 109 Å². The van der Waals surface area contributed by atoms with Crippen LogP contribution in [-0.2, 0) is 14.3 Å². The van der Waals surface area contributed by atoms with Crippen molar-refractivity contribution in [2.45, 2.75) is 26.7 Å². The van der Waals surface area contributed by atoms with Gasteiger partial charge in [-0.15, -0.1) is 0 Å². The molecule has 0 amide bonds. The lowest BCUT2D eigenvalue weighted by atomic mass is 10.2. The minimum absolute atomic E-state index is 0.0358. The Balaban J connectivity index is 2.53. The third-order valence-corrected chi connectivity index (χ3v) is 2.45. The number of hydrogen-bond acceptors (Lipinski definition) is 7. The summed E-state index contributed by atoms with van der Waals surface area (Å²) in [5, 5.41) is 10.8. The Kier molecular flexibility index (Phi) is 6.25. The molecule has 1 aromatic heterocycles. The minimum atomic E-state index is -0.675. The van der Waals surface area contributed by atoms with Crippen molar-refractivity contribution in [3.05, 3.63) is 27.9 Å². The summed E-state index contributed by atoms with van der Waals surface area (Å²) >= 11 is 0. The number of ether oxygens (including phenoxy) is 2. The van der Waals surface area contributed by atoms with Gasteiger partial charge in [0.05, 0.1) is 13.0 Å². The van der Waals surface area contributed by atoms with Crippen LogP contribution in [0.1, 0.15) is 25.5 Å². The fraction of sp³-hybridized carbons (Fsp3) is 0.462. The average Bonchev–Trinajstić information content (AvgIpc) is 2.44. The molecular weight excluding hydrogens is 280 g/mol. The van der Waals surface area contributed by atoms with E-state index in [2.05, 4.69) is 9.72 Å². The molecule has 0 unspecified atom stereocenters. The molecule has 0 aliphatic rings. The molecule has 0 saturated carbocycles. The van der Waals surface area contributed by atoms with Crippen molar-refractivity contribution >= 4 is 17.6 Å². The number of hydrogen-bond donors (Lipinski definition) is 0. The summed E-state index contributed by atoms with van der Waals surface area (Å²) in [7, 11) is 0. The molecule has 1 heterocycles. The summed E-state index contributed by atoms with van der Waals surface area (Å²) in [5.74, 6) is -1.32. The van der Waals surface area contributed by atoms with Gasteiger partial charge in [0.1, 0.15) is 12.3 Å². The van der Waals surface area contributed by atoms with Crippen LogP contribution in [0.15, 0.2) is 12.1 Å². The summed E-state index contributed by atoms with van der Waals surface area (Å²) in [6.45, 7) is 3.18. The first-order chi connectivity index (χ1) is 9.93. The summed E-state index contributed by atoms with van der Waals surface area (Å²) < 4.78 is 9.79. The van der Waals surface area contributed by atoms with Gasteiger partial charge in [-0.1, -0.05) is 0 Å². The quantitative estimate of drug-likeness (QED) is 0.407. The van der Waals surface area contributed by atoms with Crippen LogP contribution in [0.3, 0.4) is 0 Å². The fourth-order valence-corrected chi connectivity index (χ4v) is 1.48. The Hall–Kier alpha value is -2.51. The predicted molar refractivity (Wildman–Crippen MR) is 72.0 cm³/mol. The lowest BCUT2D eigenvalue weighted by Crippen LogP contribution is -2.15. The number of Topliss-reactive ketones (excluding diaryl/α,β-unsaturated/α-hetero) is 1. The van der Waals surface area contributed by atoms with Crippen LogP contribution in [-0.4, -0.2) is 34.9 Å². The van der Waals surface area contributed by atoms with Crippen molar-refractivity contribution < 1.29 is 24.0 Å². The van der Waals surface area contributed by atoms with Crippen LogP contribution in [0.4, 0.5) is 5.82 Å². The number of carbonyl (C=O) groups excluding carboxylic acids is 2. The molecule has 8 nitrogen and oxygen atoms in total. The van der Waals surface area contributed by atoms with Crippen molar-refractivity contribution in [1.82, 2.24) is 4.98 Å². The van der Waals surface area contributed by atoms with Gasteiger partial charge in [-0.2, -0.15) is 0 Å². The molecule has 0 bridgehead atoms. The molecular formula is C13H16N2O6. The molecule has 114 valence electrons. The molecule has 0 N–H and O–H groups in total. The fourth-order valence-electron chi connectivity index (χ4n) is 1.48. The normalized spacial score (nSPS) is 10.0. The highest BCUT2D eigenvalue weighted by atomic mass is 16.6. The molecule has 0 saturated heterocycles. The van der Waals surface area contributed by atoms with Gasteiger partial charge in [-0.05, 0) is 29.0 Å². The Labute approximate surface area is 121 Å². The second kappa shape index (κ2) is 7.93. The van der Waals surface area contributed by atoms with E-state index in [1.807, 2.05) is 0 Å². The number of aryl methyl sites for hydroxylation is 1. The highest BCUT2D eigenvalue weighted by Crippen LogP contribution is 2.24. The van der Waals surface area contributed by atoms with Crippen LogP contribution in [0, 0.1) is 17.0 Å². The summed E-state index contributed by atoms with van der Waals surface area (Å²) in [6.07, 6.45) is -0.0732. The number of esters is 1. The van der Waals surface area contributed by atoms with Gasteiger partial charge in [0.15, 0.2) is 5.78 Å². The zero-order valence-electron chi connectivity index (χ0n) is 11.8. The van der Waals surface area contributed by atoms with E-state index in [1.165, 1.54) is 6.07 Å². The van der Waals surface area contributed by atoms with Crippen LogP contribution < -0.4 is 4.74 Å². The average molecular weight is 296 g/mol. The number of ketones is 1. The van der Waals surface area contributed by atoms with Gasteiger partial charge in [0.2, 0.25) is 5.75 Å². The van der Waals surface area contributed by atoms with Gasteiger partial charge in [-0.25, -0.2) is 0 Å². The second-order valence-corrected chi connectivity index (χ2v) is 4.16. The van der Waals surface area contributed by atoms with E-state index >= 15 is 0 Å². The summed E-state index contributed by atoms with van der Waals surface area (Å²) in [4.78, 5) is 36.5. The van der Waals surface area contributed by atoms with E-state index in [4.69, 9.17) is 4.74 Å². The highest BCUT2D eigenvalue weighted by Gasteiger charge is 2.18. The Bertz CT molecular complexity index is 543. The monoisotopic (exact) mass is 296 g/mol. The van der Waals surface area contributed by atoms with Gasteiger partial charge in [0.25, 0.3) is 0 Å². The predicted octanol–water partition coefficient (Wildman–Crippen LogP) is 1.59. The van der Waals surface area contributed by atoms with E-state index in [-0.39, 0.29) is 37.6 Å². The van der Waals surface area contributed by atoms with Crippen molar-refractivity contribution in [3.8, 4) is 5.75 Å². The number of nitro groups is 1. The molecule has 1 rings (SSSR count). The third kappa shape index (κ3) is 5.55. The first-order valence-corrected chi connectivity index (χ1v) is 6.36. The van der Waals surface area contributed by atoms with Crippen LogP contribution in [0.5, 0.6) is 5.75 Å². The summed E-state index contributed by atoms with van der Waals surface area (Å²) in [5.41, 5.74) is 0.475. The Morgan fingerprint density at radius 3 is 2.67 bits per heavy atom. The maximum atomic E-state index is 11.6. The van der Waals surface area contributed by atoms with Crippen molar-refractivity contribution in [3.63, 3.8) is 0 Å². The number of pyridine rings is 1. The Morgan fingerprint density at radius 2 is 2.05 bits per heavy atom. The highest BCUT2D eigenvalue weighted by molar-refractivity contribution is 5.84. The number of nitrogens with zero attached hydrogens (tertiary/aromatic N) is 2. The molecule has 21 heavy (non-hydrogen) atoms. The molecule has 1 aromatic rings. The third-order valence-electron chi connectivity index (χ3n) is 2.45. The molecule has 8 heteroatoms. The maximum Gasteiger partial charge on any atom is 0.406 e. The lowest BCUT2D eigenvalue weighted by Gasteiger charge is -2.06. The summed E-state index contributed by atoms with van der Waals surface area (Å²) in [6, 6.07) is 2.94. The zero-order valence-corrected chi connectivity index (χ0v) is 11.8. The number of aromatic nitrogens is 1. The van der Waals surface area contributed by atoms with Gasteiger partial charge in [0, 0.05) is 13.3 Å². The lowest BCUT2D eigenvalue weighted by molar-refractivity contribution is -0.390. The first kappa shape index (κ1) is 16.5. The molecule has 0 atom stereocenters. The van der Waals surface area contributed by atoms with Gasteiger partial charge in [-0.3, -0.25) is 9.59 Å². The molecule has 0 radical (unpaired) electrons.